The van der Waals surface area contributed by atoms with Gasteiger partial charge in [0.1, 0.15) is 6.29 Å². The number of benzene rings is 1. The Balaban J connectivity index is 1.74. The largest absolute Gasteiger partial charge is 0.303 e. The number of hydrogen-bond acceptors (Lipinski definition) is 2. The topological polar surface area (TPSA) is 34.1 Å². The predicted molar refractivity (Wildman–Crippen MR) is 104 cm³/mol. The van der Waals surface area contributed by atoms with Crippen molar-refractivity contribution in [2.24, 2.45) is 17.8 Å². The molecule has 0 radical (unpaired) electrons. The SMILES string of the molecule is CCCCC1CCC([C@@H](C=O)CCC(=O)/C=C/c2ccccc2)CC1. The maximum absolute atomic E-state index is 12.1. The summed E-state index contributed by atoms with van der Waals surface area (Å²) in [4.78, 5) is 23.6. The van der Waals surface area contributed by atoms with Crippen LogP contribution < -0.4 is 0 Å². The van der Waals surface area contributed by atoms with Crippen LogP contribution in [0.15, 0.2) is 36.4 Å². The quantitative estimate of drug-likeness (QED) is 0.395. The number of unbranched alkanes of at least 4 members (excludes halogenated alkanes) is 1. The molecule has 1 atom stereocenters. The molecule has 1 fully saturated rings. The average molecular weight is 341 g/mol. The van der Waals surface area contributed by atoms with Crippen LogP contribution in [-0.2, 0) is 9.59 Å². The fourth-order valence-electron chi connectivity index (χ4n) is 3.96. The highest BCUT2D eigenvalue weighted by Gasteiger charge is 2.27. The van der Waals surface area contributed by atoms with E-state index in [1.165, 1.54) is 32.1 Å². The molecule has 1 aliphatic rings. The monoisotopic (exact) mass is 340 g/mol. The van der Waals surface area contributed by atoms with Gasteiger partial charge in [-0.15, -0.1) is 0 Å². The van der Waals surface area contributed by atoms with Crippen molar-refractivity contribution < 1.29 is 9.59 Å². The molecule has 1 aromatic carbocycles. The fraction of sp³-hybridized carbons (Fsp3) is 0.565. The highest BCUT2D eigenvalue weighted by molar-refractivity contribution is 5.93. The Labute approximate surface area is 152 Å². The highest BCUT2D eigenvalue weighted by Crippen LogP contribution is 2.36. The van der Waals surface area contributed by atoms with Gasteiger partial charge < -0.3 is 4.79 Å². The van der Waals surface area contributed by atoms with Crippen molar-refractivity contribution in [3.05, 3.63) is 42.0 Å². The van der Waals surface area contributed by atoms with E-state index < -0.39 is 0 Å². The van der Waals surface area contributed by atoms with Gasteiger partial charge in [0.25, 0.3) is 0 Å². The maximum atomic E-state index is 12.1. The molecule has 136 valence electrons. The third-order valence-electron chi connectivity index (χ3n) is 5.62. The molecule has 0 aromatic heterocycles. The lowest BCUT2D eigenvalue weighted by molar-refractivity contribution is -0.116. The zero-order chi connectivity index (χ0) is 17.9. The number of allylic oxidation sites excluding steroid dienone is 1. The van der Waals surface area contributed by atoms with E-state index in [1.54, 1.807) is 6.08 Å². The summed E-state index contributed by atoms with van der Waals surface area (Å²) in [5.74, 6) is 1.52. The van der Waals surface area contributed by atoms with Gasteiger partial charge in [0.2, 0.25) is 0 Å². The van der Waals surface area contributed by atoms with Gasteiger partial charge in [-0.2, -0.15) is 0 Å². The summed E-state index contributed by atoms with van der Waals surface area (Å²) in [5, 5.41) is 0. The lowest BCUT2D eigenvalue weighted by atomic mass is 9.73. The van der Waals surface area contributed by atoms with Gasteiger partial charge in [-0.1, -0.05) is 75.4 Å². The first-order valence-corrected chi connectivity index (χ1v) is 9.94. The molecule has 0 amide bonds. The maximum Gasteiger partial charge on any atom is 0.155 e. The van der Waals surface area contributed by atoms with Gasteiger partial charge in [0.15, 0.2) is 5.78 Å². The molecule has 1 aliphatic carbocycles. The van der Waals surface area contributed by atoms with Crippen LogP contribution in [0.1, 0.15) is 70.3 Å². The molecule has 2 rings (SSSR count). The molecule has 0 unspecified atom stereocenters. The molecule has 1 aromatic rings. The van der Waals surface area contributed by atoms with Crippen LogP contribution in [0.3, 0.4) is 0 Å². The number of hydrogen-bond donors (Lipinski definition) is 0. The number of aldehydes is 1. The van der Waals surface area contributed by atoms with Crippen molar-refractivity contribution in [3.63, 3.8) is 0 Å². The molecular weight excluding hydrogens is 308 g/mol. The Morgan fingerprint density at radius 1 is 1.16 bits per heavy atom. The number of carbonyl (C=O) groups excluding carboxylic acids is 2. The summed E-state index contributed by atoms with van der Waals surface area (Å²) in [6.45, 7) is 2.25. The Hall–Kier alpha value is -1.70. The van der Waals surface area contributed by atoms with Gasteiger partial charge in [0, 0.05) is 12.3 Å². The number of ketones is 1. The first kappa shape index (κ1) is 19.6. The van der Waals surface area contributed by atoms with Crippen LogP contribution in [0.25, 0.3) is 6.08 Å². The Kier molecular flexibility index (Phi) is 8.65. The summed E-state index contributed by atoms with van der Waals surface area (Å²) < 4.78 is 0. The van der Waals surface area contributed by atoms with Gasteiger partial charge in [-0.05, 0) is 42.7 Å². The van der Waals surface area contributed by atoms with E-state index in [2.05, 4.69) is 6.92 Å². The van der Waals surface area contributed by atoms with Crippen molar-refractivity contribution in [2.45, 2.75) is 64.7 Å². The smallest absolute Gasteiger partial charge is 0.155 e. The van der Waals surface area contributed by atoms with Crippen LogP contribution in [0.4, 0.5) is 0 Å². The van der Waals surface area contributed by atoms with E-state index in [4.69, 9.17) is 0 Å². The number of carbonyl (C=O) groups is 2. The Morgan fingerprint density at radius 2 is 1.88 bits per heavy atom. The molecule has 0 spiro atoms. The molecule has 2 nitrogen and oxygen atoms in total. The molecular formula is C23H32O2. The van der Waals surface area contributed by atoms with E-state index in [1.807, 2.05) is 36.4 Å². The van der Waals surface area contributed by atoms with Crippen molar-refractivity contribution in [2.75, 3.05) is 0 Å². The first-order valence-electron chi connectivity index (χ1n) is 9.94. The van der Waals surface area contributed by atoms with Crippen molar-refractivity contribution >= 4 is 18.1 Å². The second kappa shape index (κ2) is 11.0. The van der Waals surface area contributed by atoms with E-state index >= 15 is 0 Å². The van der Waals surface area contributed by atoms with Gasteiger partial charge in [-0.3, -0.25) is 4.79 Å². The fourth-order valence-corrected chi connectivity index (χ4v) is 3.96. The van der Waals surface area contributed by atoms with Crippen molar-refractivity contribution in [1.29, 1.82) is 0 Å². The zero-order valence-electron chi connectivity index (χ0n) is 15.5. The molecule has 2 heteroatoms. The lowest BCUT2D eigenvalue weighted by Gasteiger charge is -2.31. The Bertz CT molecular complexity index is 538. The molecule has 0 saturated heterocycles. The standard InChI is InChI=1S/C23H32O2/c1-2-3-7-20-10-13-21(14-11-20)22(18-24)15-17-23(25)16-12-19-8-5-4-6-9-19/h4-6,8-9,12,16,18,20-22H,2-3,7,10-11,13-15,17H2,1H3/b16-12+/t20?,21?,22-/m1/s1. The Morgan fingerprint density at radius 3 is 2.52 bits per heavy atom. The van der Waals surface area contributed by atoms with E-state index in [0.717, 1.165) is 30.6 Å². The molecule has 25 heavy (non-hydrogen) atoms. The second-order valence-corrected chi connectivity index (χ2v) is 7.47. The second-order valence-electron chi connectivity index (χ2n) is 7.47. The first-order chi connectivity index (χ1) is 12.2. The van der Waals surface area contributed by atoms with Crippen LogP contribution in [0.2, 0.25) is 0 Å². The molecule has 0 aliphatic heterocycles. The lowest BCUT2D eigenvalue weighted by Crippen LogP contribution is -2.23. The minimum absolute atomic E-state index is 0.0567. The average Bonchev–Trinajstić information content (AvgIpc) is 2.67. The molecule has 0 heterocycles. The predicted octanol–water partition coefficient (Wildman–Crippen LogP) is 5.86. The van der Waals surface area contributed by atoms with E-state index in [0.29, 0.717) is 18.8 Å². The summed E-state index contributed by atoms with van der Waals surface area (Å²) in [7, 11) is 0. The van der Waals surface area contributed by atoms with Crippen LogP contribution >= 0.6 is 0 Å². The summed E-state index contributed by atoms with van der Waals surface area (Å²) in [6.07, 6.45) is 14.6. The summed E-state index contributed by atoms with van der Waals surface area (Å²) in [6, 6.07) is 9.85. The third-order valence-corrected chi connectivity index (χ3v) is 5.62. The number of rotatable bonds is 10. The van der Waals surface area contributed by atoms with Crippen molar-refractivity contribution in [3.8, 4) is 0 Å². The molecule has 0 bridgehead atoms. The molecule has 1 saturated carbocycles. The van der Waals surface area contributed by atoms with Gasteiger partial charge >= 0.3 is 0 Å². The van der Waals surface area contributed by atoms with Gasteiger partial charge in [0.05, 0.1) is 0 Å². The minimum atomic E-state index is 0.0567. The summed E-state index contributed by atoms with van der Waals surface area (Å²) in [5.41, 5.74) is 1.04. The van der Waals surface area contributed by atoms with E-state index in [-0.39, 0.29) is 11.7 Å². The van der Waals surface area contributed by atoms with Crippen LogP contribution in [0.5, 0.6) is 0 Å². The highest BCUT2D eigenvalue weighted by atomic mass is 16.1. The van der Waals surface area contributed by atoms with Crippen molar-refractivity contribution in [1.82, 2.24) is 0 Å². The van der Waals surface area contributed by atoms with E-state index in [9.17, 15) is 9.59 Å². The minimum Gasteiger partial charge on any atom is -0.303 e. The van der Waals surface area contributed by atoms with Gasteiger partial charge in [-0.25, -0.2) is 0 Å². The molecule has 0 N–H and O–H groups in total. The normalized spacial score (nSPS) is 22.0. The van der Waals surface area contributed by atoms with Crippen LogP contribution in [-0.4, -0.2) is 12.1 Å². The zero-order valence-corrected chi connectivity index (χ0v) is 15.5. The third kappa shape index (κ3) is 6.97. The van der Waals surface area contributed by atoms with Crippen LogP contribution in [0, 0.1) is 17.8 Å². The summed E-state index contributed by atoms with van der Waals surface area (Å²) >= 11 is 0.